The molecule has 4 heteroatoms. The van der Waals surface area contributed by atoms with Gasteiger partial charge in [-0.25, -0.2) is 4.99 Å². The van der Waals surface area contributed by atoms with Crippen molar-refractivity contribution in [2.45, 2.75) is 52.4 Å². The molecule has 1 unspecified atom stereocenters. The van der Waals surface area contributed by atoms with E-state index in [1.165, 1.54) is 24.8 Å². The summed E-state index contributed by atoms with van der Waals surface area (Å²) in [7, 11) is 0. The number of nitrogens with zero attached hydrogens (tertiary/aromatic N) is 2. The molecule has 5 rings (SSSR count). The van der Waals surface area contributed by atoms with Crippen LogP contribution in [0, 0.1) is 35.5 Å². The van der Waals surface area contributed by atoms with Crippen molar-refractivity contribution in [1.82, 2.24) is 5.32 Å². The average Bonchev–Trinajstić information content (AvgIpc) is 3.26. The van der Waals surface area contributed by atoms with Crippen molar-refractivity contribution in [3.8, 4) is 6.07 Å². The minimum atomic E-state index is 0.0658. The highest BCUT2D eigenvalue weighted by molar-refractivity contribution is 6.42. The SMILES string of the molecule is Cc1ccc(C2=C(c3ccc(C#N)cc3)N=C(C3CCC4(CCNC4)CC3)C(=O)CC2C)cc1. The van der Waals surface area contributed by atoms with Gasteiger partial charge < -0.3 is 5.32 Å². The number of carbonyl (C=O) groups excluding carboxylic acids is 1. The van der Waals surface area contributed by atoms with Gasteiger partial charge in [0.1, 0.15) is 0 Å². The van der Waals surface area contributed by atoms with E-state index in [9.17, 15) is 10.1 Å². The van der Waals surface area contributed by atoms with Crippen LogP contribution in [0.2, 0.25) is 0 Å². The maximum absolute atomic E-state index is 13.5. The summed E-state index contributed by atoms with van der Waals surface area (Å²) in [5.74, 6) is 0.499. The van der Waals surface area contributed by atoms with E-state index in [2.05, 4.69) is 49.5 Å². The van der Waals surface area contributed by atoms with E-state index in [1.807, 2.05) is 24.3 Å². The van der Waals surface area contributed by atoms with Gasteiger partial charge >= 0.3 is 0 Å². The summed E-state index contributed by atoms with van der Waals surface area (Å²) in [5, 5.41) is 12.8. The minimum absolute atomic E-state index is 0.0658. The van der Waals surface area contributed by atoms with E-state index >= 15 is 0 Å². The van der Waals surface area contributed by atoms with Crippen molar-refractivity contribution >= 4 is 22.8 Å². The molecule has 0 amide bonds. The van der Waals surface area contributed by atoms with Crippen LogP contribution in [0.25, 0.3) is 11.3 Å². The molecule has 4 nitrogen and oxygen atoms in total. The number of benzene rings is 2. The molecule has 2 heterocycles. The largest absolute Gasteiger partial charge is 0.316 e. The number of aliphatic imine (C=N–C) groups is 1. The van der Waals surface area contributed by atoms with Crippen molar-refractivity contribution in [3.63, 3.8) is 0 Å². The van der Waals surface area contributed by atoms with Crippen LogP contribution in [0.15, 0.2) is 53.5 Å². The second-order valence-electron chi connectivity index (χ2n) is 10.5. The van der Waals surface area contributed by atoms with Crippen molar-refractivity contribution in [3.05, 3.63) is 70.8 Å². The monoisotopic (exact) mass is 451 g/mol. The lowest BCUT2D eigenvalue weighted by molar-refractivity contribution is -0.113. The highest BCUT2D eigenvalue weighted by Gasteiger charge is 2.40. The first kappa shape index (κ1) is 22.7. The average molecular weight is 452 g/mol. The normalized spacial score (nSPS) is 27.4. The van der Waals surface area contributed by atoms with Crippen LogP contribution in [-0.2, 0) is 4.79 Å². The van der Waals surface area contributed by atoms with Crippen LogP contribution in [0.1, 0.15) is 67.7 Å². The molecule has 1 N–H and O–H groups in total. The van der Waals surface area contributed by atoms with Crippen LogP contribution in [0.4, 0.5) is 0 Å². The zero-order valence-corrected chi connectivity index (χ0v) is 20.2. The zero-order valence-electron chi connectivity index (χ0n) is 20.2. The molecule has 2 aromatic carbocycles. The highest BCUT2D eigenvalue weighted by Crippen LogP contribution is 2.45. The Kier molecular flexibility index (Phi) is 6.23. The molecule has 174 valence electrons. The fourth-order valence-corrected chi connectivity index (χ4v) is 6.08. The predicted octanol–water partition coefficient (Wildman–Crippen LogP) is 5.95. The maximum Gasteiger partial charge on any atom is 0.177 e. The molecular formula is C30H33N3O. The first-order valence-electron chi connectivity index (χ1n) is 12.6. The van der Waals surface area contributed by atoms with Crippen molar-refractivity contribution in [2.24, 2.45) is 22.2 Å². The van der Waals surface area contributed by atoms with Gasteiger partial charge in [-0.2, -0.15) is 5.26 Å². The fraction of sp³-hybridized carbons (Fsp3) is 0.433. The van der Waals surface area contributed by atoms with E-state index in [0.717, 1.165) is 54.0 Å². The molecule has 2 fully saturated rings. The Balaban J connectivity index is 1.59. The number of Topliss-reactive ketones (excluding diaryl/α,β-unsaturated/α-hetero) is 1. The number of hydrogen-bond acceptors (Lipinski definition) is 4. The number of nitriles is 1. The summed E-state index contributed by atoms with van der Waals surface area (Å²) >= 11 is 0. The molecule has 34 heavy (non-hydrogen) atoms. The fourth-order valence-electron chi connectivity index (χ4n) is 6.08. The number of aryl methyl sites for hydroxylation is 1. The second kappa shape index (κ2) is 9.31. The number of carbonyl (C=O) groups is 1. The van der Waals surface area contributed by atoms with Gasteiger partial charge in [0, 0.05) is 24.4 Å². The van der Waals surface area contributed by atoms with Gasteiger partial charge in [-0.15, -0.1) is 0 Å². The van der Waals surface area contributed by atoms with E-state index in [4.69, 9.17) is 4.99 Å². The molecule has 1 saturated heterocycles. The lowest BCUT2D eigenvalue weighted by atomic mass is 9.68. The summed E-state index contributed by atoms with van der Waals surface area (Å²) in [6, 6.07) is 18.4. The van der Waals surface area contributed by atoms with Crippen molar-refractivity contribution < 1.29 is 4.79 Å². The minimum Gasteiger partial charge on any atom is -0.316 e. The summed E-state index contributed by atoms with van der Waals surface area (Å²) in [5.41, 5.74) is 7.15. The molecule has 1 spiro atoms. The quantitative estimate of drug-likeness (QED) is 0.627. The van der Waals surface area contributed by atoms with E-state index in [-0.39, 0.29) is 17.6 Å². The van der Waals surface area contributed by atoms with Gasteiger partial charge in [0.05, 0.1) is 23.0 Å². The summed E-state index contributed by atoms with van der Waals surface area (Å²) in [6.07, 6.45) is 6.18. The van der Waals surface area contributed by atoms with Gasteiger partial charge in [-0.05, 0) is 80.2 Å². The zero-order chi connectivity index (χ0) is 23.7. The standard InChI is InChI=1S/C30H33N3O/c1-20-3-7-23(8-4-20)27-21(2)17-26(34)28(25-11-13-30(14-12-25)15-16-32-19-30)33-29(27)24-9-5-22(18-31)6-10-24/h3-10,21,25,32H,11-17,19H2,1-2H3. The molecule has 0 aromatic heterocycles. The Morgan fingerprint density at radius 2 is 1.68 bits per heavy atom. The number of hydrogen-bond donors (Lipinski definition) is 1. The van der Waals surface area contributed by atoms with Crippen LogP contribution in [-0.4, -0.2) is 24.6 Å². The first-order valence-corrected chi connectivity index (χ1v) is 12.6. The molecule has 2 aromatic rings. The van der Waals surface area contributed by atoms with Gasteiger partial charge in [-0.1, -0.05) is 48.9 Å². The molecule has 1 atom stereocenters. The smallest absolute Gasteiger partial charge is 0.177 e. The topological polar surface area (TPSA) is 65.2 Å². The van der Waals surface area contributed by atoms with Crippen molar-refractivity contribution in [2.75, 3.05) is 13.1 Å². The molecule has 1 aliphatic carbocycles. The van der Waals surface area contributed by atoms with Crippen LogP contribution >= 0.6 is 0 Å². The predicted molar refractivity (Wildman–Crippen MR) is 137 cm³/mol. The van der Waals surface area contributed by atoms with E-state index in [0.29, 0.717) is 17.4 Å². The third-order valence-corrected chi connectivity index (χ3v) is 8.17. The Morgan fingerprint density at radius 1 is 1.00 bits per heavy atom. The lowest BCUT2D eigenvalue weighted by Crippen LogP contribution is -2.34. The number of allylic oxidation sites excluding steroid dienone is 1. The Hall–Kier alpha value is -3.03. The first-order chi connectivity index (χ1) is 16.5. The lowest BCUT2D eigenvalue weighted by Gasteiger charge is -2.36. The Labute approximate surface area is 202 Å². The third kappa shape index (κ3) is 4.38. The number of rotatable bonds is 3. The Morgan fingerprint density at radius 3 is 2.29 bits per heavy atom. The van der Waals surface area contributed by atoms with Crippen LogP contribution in [0.3, 0.4) is 0 Å². The third-order valence-electron chi connectivity index (χ3n) is 8.17. The van der Waals surface area contributed by atoms with Gasteiger partial charge in [0.2, 0.25) is 0 Å². The van der Waals surface area contributed by atoms with E-state index < -0.39 is 0 Å². The van der Waals surface area contributed by atoms with Crippen molar-refractivity contribution in [1.29, 1.82) is 5.26 Å². The Bertz CT molecular complexity index is 1170. The summed E-state index contributed by atoms with van der Waals surface area (Å²) in [4.78, 5) is 18.7. The molecule has 0 bridgehead atoms. The van der Waals surface area contributed by atoms with Crippen LogP contribution < -0.4 is 5.32 Å². The summed E-state index contributed by atoms with van der Waals surface area (Å²) < 4.78 is 0. The van der Waals surface area contributed by atoms with E-state index in [1.54, 1.807) is 0 Å². The van der Waals surface area contributed by atoms with Gasteiger partial charge in [0.25, 0.3) is 0 Å². The van der Waals surface area contributed by atoms with Gasteiger partial charge in [0.15, 0.2) is 5.78 Å². The summed E-state index contributed by atoms with van der Waals surface area (Å²) in [6.45, 7) is 6.47. The van der Waals surface area contributed by atoms with Gasteiger partial charge in [-0.3, -0.25) is 4.79 Å². The van der Waals surface area contributed by atoms with Crippen LogP contribution in [0.5, 0.6) is 0 Å². The molecule has 0 radical (unpaired) electrons. The molecular weight excluding hydrogens is 418 g/mol. The molecule has 3 aliphatic rings. The molecule has 2 aliphatic heterocycles. The maximum atomic E-state index is 13.5. The number of ketones is 1. The molecule has 1 saturated carbocycles. The number of nitrogens with one attached hydrogen (secondary N) is 1. The second-order valence-corrected chi connectivity index (χ2v) is 10.5. The highest BCUT2D eigenvalue weighted by atomic mass is 16.1.